The van der Waals surface area contributed by atoms with E-state index in [0.717, 1.165) is 57.2 Å². The van der Waals surface area contributed by atoms with E-state index < -0.39 is 0 Å². The molecule has 0 amide bonds. The lowest BCUT2D eigenvalue weighted by molar-refractivity contribution is 0.444. The van der Waals surface area contributed by atoms with Crippen LogP contribution in [0.4, 0.5) is 5.00 Å². The number of aryl methyl sites for hydroxylation is 2. The first kappa shape index (κ1) is 20.7. The van der Waals surface area contributed by atoms with Crippen molar-refractivity contribution in [2.24, 2.45) is 10.9 Å². The van der Waals surface area contributed by atoms with E-state index in [0.29, 0.717) is 12.0 Å². The third-order valence-corrected chi connectivity index (χ3v) is 6.08. The van der Waals surface area contributed by atoms with Crippen LogP contribution in [0.25, 0.3) is 0 Å². The molecule has 28 heavy (non-hydrogen) atoms. The van der Waals surface area contributed by atoms with Crippen molar-refractivity contribution in [1.82, 2.24) is 20.4 Å². The number of aromatic nitrogens is 2. The zero-order valence-electron chi connectivity index (χ0n) is 17.6. The molecular formula is C21H34N6S. The van der Waals surface area contributed by atoms with Gasteiger partial charge in [-0.2, -0.15) is 5.10 Å². The van der Waals surface area contributed by atoms with Crippen LogP contribution in [-0.2, 0) is 6.54 Å². The predicted molar refractivity (Wildman–Crippen MR) is 120 cm³/mol. The third kappa shape index (κ3) is 5.74. The predicted octanol–water partition coefficient (Wildman–Crippen LogP) is 3.42. The zero-order valence-corrected chi connectivity index (χ0v) is 18.4. The maximum absolute atomic E-state index is 4.85. The van der Waals surface area contributed by atoms with Crippen LogP contribution in [-0.4, -0.2) is 48.0 Å². The number of rotatable bonds is 7. The Labute approximate surface area is 173 Å². The van der Waals surface area contributed by atoms with Gasteiger partial charge in [-0.25, -0.2) is 0 Å². The van der Waals surface area contributed by atoms with Gasteiger partial charge in [-0.05, 0) is 63.1 Å². The Morgan fingerprint density at radius 2 is 2.14 bits per heavy atom. The van der Waals surface area contributed by atoms with Gasteiger partial charge in [0.05, 0.1) is 10.7 Å². The van der Waals surface area contributed by atoms with Crippen LogP contribution in [0.2, 0.25) is 0 Å². The second kappa shape index (κ2) is 9.96. The molecule has 3 heterocycles. The molecule has 1 atom stereocenters. The van der Waals surface area contributed by atoms with Crippen molar-refractivity contribution in [2.45, 2.75) is 53.1 Å². The quantitative estimate of drug-likeness (QED) is 0.550. The second-order valence-corrected chi connectivity index (χ2v) is 8.72. The Hall–Kier alpha value is -2.02. The van der Waals surface area contributed by atoms with Crippen molar-refractivity contribution < 1.29 is 0 Å². The van der Waals surface area contributed by atoms with Gasteiger partial charge in [0.25, 0.3) is 0 Å². The first-order chi connectivity index (χ1) is 13.5. The van der Waals surface area contributed by atoms with Crippen molar-refractivity contribution in [3.8, 4) is 0 Å². The summed E-state index contributed by atoms with van der Waals surface area (Å²) >= 11 is 1.83. The summed E-state index contributed by atoms with van der Waals surface area (Å²) in [6.07, 6.45) is 2.28. The number of hydrogen-bond donors (Lipinski definition) is 2. The molecule has 1 saturated heterocycles. The smallest absolute Gasteiger partial charge is 0.191 e. The molecule has 154 valence electrons. The van der Waals surface area contributed by atoms with Crippen LogP contribution in [0.5, 0.6) is 0 Å². The lowest BCUT2D eigenvalue weighted by Gasteiger charge is -2.33. The zero-order chi connectivity index (χ0) is 19.9. The Kier molecular flexibility index (Phi) is 7.36. The number of aliphatic imine (C=N–C) groups is 1. The Morgan fingerprint density at radius 3 is 2.75 bits per heavy atom. The molecule has 1 unspecified atom stereocenters. The largest absolute Gasteiger partial charge is 0.363 e. The highest BCUT2D eigenvalue weighted by Crippen LogP contribution is 2.24. The molecule has 1 aliphatic heterocycles. The summed E-state index contributed by atoms with van der Waals surface area (Å²) < 4.78 is 2.09. The molecule has 1 aliphatic rings. The normalized spacial score (nSPS) is 17.0. The topological polar surface area (TPSA) is 57.5 Å². The van der Waals surface area contributed by atoms with Crippen molar-refractivity contribution in [3.05, 3.63) is 35.0 Å². The van der Waals surface area contributed by atoms with Gasteiger partial charge in [-0.3, -0.25) is 9.67 Å². The van der Waals surface area contributed by atoms with Crippen LogP contribution >= 0.6 is 11.3 Å². The van der Waals surface area contributed by atoms with Gasteiger partial charge >= 0.3 is 0 Å². The molecule has 0 spiro atoms. The van der Waals surface area contributed by atoms with Gasteiger partial charge in [-0.15, -0.1) is 11.3 Å². The van der Waals surface area contributed by atoms with Crippen LogP contribution in [0.3, 0.4) is 0 Å². The fraction of sp³-hybridized carbons (Fsp3) is 0.619. The summed E-state index contributed by atoms with van der Waals surface area (Å²) in [5.41, 5.74) is 2.30. The molecule has 3 rings (SSSR count). The molecule has 0 aliphatic carbocycles. The number of piperidine rings is 1. The molecule has 6 nitrogen and oxygen atoms in total. The molecule has 2 aromatic rings. The Balaban J connectivity index is 1.49. The Morgan fingerprint density at radius 1 is 1.36 bits per heavy atom. The maximum Gasteiger partial charge on any atom is 0.191 e. The number of thiophene rings is 1. The molecule has 2 N–H and O–H groups in total. The summed E-state index contributed by atoms with van der Waals surface area (Å²) in [5.74, 6) is 1.38. The van der Waals surface area contributed by atoms with E-state index in [1.165, 1.54) is 10.7 Å². The van der Waals surface area contributed by atoms with E-state index in [1.54, 1.807) is 0 Å². The fourth-order valence-electron chi connectivity index (χ4n) is 3.67. The highest BCUT2D eigenvalue weighted by molar-refractivity contribution is 7.14. The van der Waals surface area contributed by atoms with Gasteiger partial charge < -0.3 is 15.5 Å². The van der Waals surface area contributed by atoms with Crippen molar-refractivity contribution in [1.29, 1.82) is 0 Å². The van der Waals surface area contributed by atoms with Crippen molar-refractivity contribution in [3.63, 3.8) is 0 Å². The van der Waals surface area contributed by atoms with E-state index in [2.05, 4.69) is 69.7 Å². The summed E-state index contributed by atoms with van der Waals surface area (Å²) in [6, 6.07) is 6.96. The average Bonchev–Trinajstić information content (AvgIpc) is 3.31. The summed E-state index contributed by atoms with van der Waals surface area (Å²) in [5, 5.41) is 15.2. The first-order valence-corrected chi connectivity index (χ1v) is 11.3. The van der Waals surface area contributed by atoms with Gasteiger partial charge in [0, 0.05) is 44.5 Å². The van der Waals surface area contributed by atoms with Gasteiger partial charge in [0.1, 0.15) is 0 Å². The average molecular weight is 403 g/mol. The molecule has 0 saturated carbocycles. The number of guanidine groups is 1. The first-order valence-electron chi connectivity index (χ1n) is 10.4. The van der Waals surface area contributed by atoms with Crippen LogP contribution in [0, 0.1) is 19.8 Å². The van der Waals surface area contributed by atoms with E-state index in [9.17, 15) is 0 Å². The lowest BCUT2D eigenvalue weighted by atomic mass is 10.1. The lowest BCUT2D eigenvalue weighted by Crippen LogP contribution is -2.48. The monoisotopic (exact) mass is 402 g/mol. The van der Waals surface area contributed by atoms with E-state index in [-0.39, 0.29) is 0 Å². The maximum atomic E-state index is 4.85. The van der Waals surface area contributed by atoms with Crippen LogP contribution in [0.1, 0.15) is 38.1 Å². The Bertz CT molecular complexity index is 743. The minimum atomic E-state index is 0.439. The summed E-state index contributed by atoms with van der Waals surface area (Å²) in [4.78, 5) is 7.34. The number of anilines is 1. The van der Waals surface area contributed by atoms with Crippen molar-refractivity contribution in [2.75, 3.05) is 31.1 Å². The number of hydrogen-bond acceptors (Lipinski definition) is 4. The highest BCUT2D eigenvalue weighted by Gasteiger charge is 2.20. The molecular weight excluding hydrogens is 368 g/mol. The van der Waals surface area contributed by atoms with Gasteiger partial charge in [-0.1, -0.05) is 6.92 Å². The third-order valence-electron chi connectivity index (χ3n) is 5.15. The SMILES string of the molecule is CCNC(=NCC(C)Cn1nc(C)cc1C)NC1CCN(c2cccs2)CC1. The molecule has 2 aromatic heterocycles. The van der Waals surface area contributed by atoms with Crippen LogP contribution < -0.4 is 15.5 Å². The summed E-state index contributed by atoms with van der Waals surface area (Å²) in [6.45, 7) is 13.3. The minimum Gasteiger partial charge on any atom is -0.363 e. The van der Waals surface area contributed by atoms with Gasteiger partial charge in [0.15, 0.2) is 5.96 Å². The number of nitrogens with zero attached hydrogens (tertiary/aromatic N) is 4. The highest BCUT2D eigenvalue weighted by atomic mass is 32.1. The molecule has 1 fully saturated rings. The number of nitrogens with one attached hydrogen (secondary N) is 2. The van der Waals surface area contributed by atoms with Gasteiger partial charge in [0.2, 0.25) is 0 Å². The molecule has 7 heteroatoms. The standard InChI is InChI=1S/C21H34N6S/c1-5-22-21(23-14-16(2)15-27-18(4)13-17(3)25-27)24-19-8-10-26(11-9-19)20-7-6-12-28-20/h6-7,12-13,16,19H,5,8-11,14-15H2,1-4H3,(H2,22,23,24). The van der Waals surface area contributed by atoms with Crippen molar-refractivity contribution >= 4 is 22.3 Å². The van der Waals surface area contributed by atoms with Crippen LogP contribution in [0.15, 0.2) is 28.6 Å². The molecule has 0 aromatic carbocycles. The molecule has 0 radical (unpaired) electrons. The van der Waals surface area contributed by atoms with E-state index >= 15 is 0 Å². The molecule has 0 bridgehead atoms. The second-order valence-electron chi connectivity index (χ2n) is 7.79. The van der Waals surface area contributed by atoms with E-state index in [1.807, 2.05) is 18.3 Å². The summed E-state index contributed by atoms with van der Waals surface area (Å²) in [7, 11) is 0. The fourth-order valence-corrected chi connectivity index (χ4v) is 4.45. The van der Waals surface area contributed by atoms with E-state index in [4.69, 9.17) is 4.99 Å². The minimum absolute atomic E-state index is 0.439.